The molecule has 0 spiro atoms. The fourth-order valence-corrected chi connectivity index (χ4v) is 1.95. The first kappa shape index (κ1) is 13.5. The second kappa shape index (κ2) is 5.40. The van der Waals surface area contributed by atoms with Crippen molar-refractivity contribution in [2.75, 3.05) is 0 Å². The van der Waals surface area contributed by atoms with Crippen molar-refractivity contribution >= 4 is 17.6 Å². The molecule has 5 nitrogen and oxygen atoms in total. The number of hydrogen-bond acceptors (Lipinski definition) is 3. The Balaban J connectivity index is 2.30. The van der Waals surface area contributed by atoms with E-state index < -0.39 is 5.97 Å². The molecule has 0 fully saturated rings. The number of aliphatic carboxylic acids is 1. The SMILES string of the molecule is Cc1ccc(-n2nnc(CCC(=O)O)c2C)cc1Cl. The largest absolute Gasteiger partial charge is 0.481 e. The van der Waals surface area contributed by atoms with Gasteiger partial charge in [-0.25, -0.2) is 4.68 Å². The fourth-order valence-electron chi connectivity index (χ4n) is 1.78. The van der Waals surface area contributed by atoms with Crippen LogP contribution >= 0.6 is 11.6 Å². The first-order chi connectivity index (χ1) is 8.99. The molecule has 0 saturated heterocycles. The van der Waals surface area contributed by atoms with Crippen LogP contribution in [0, 0.1) is 13.8 Å². The highest BCUT2D eigenvalue weighted by Gasteiger charge is 2.12. The van der Waals surface area contributed by atoms with E-state index in [0.717, 1.165) is 16.9 Å². The van der Waals surface area contributed by atoms with Crippen molar-refractivity contribution in [1.82, 2.24) is 15.0 Å². The van der Waals surface area contributed by atoms with Gasteiger partial charge in [0.2, 0.25) is 0 Å². The van der Waals surface area contributed by atoms with Crippen LogP contribution < -0.4 is 0 Å². The highest BCUT2D eigenvalue weighted by molar-refractivity contribution is 6.31. The van der Waals surface area contributed by atoms with Crippen LogP contribution in [0.25, 0.3) is 5.69 Å². The van der Waals surface area contributed by atoms with Crippen LogP contribution in [0.2, 0.25) is 5.02 Å². The van der Waals surface area contributed by atoms with Crippen LogP contribution in [-0.4, -0.2) is 26.1 Å². The molecule has 100 valence electrons. The van der Waals surface area contributed by atoms with Crippen molar-refractivity contribution in [1.29, 1.82) is 0 Å². The summed E-state index contributed by atoms with van der Waals surface area (Å²) >= 11 is 6.09. The predicted molar refractivity (Wildman–Crippen MR) is 71.8 cm³/mol. The van der Waals surface area contributed by atoms with E-state index >= 15 is 0 Å². The minimum absolute atomic E-state index is 0.0498. The van der Waals surface area contributed by atoms with E-state index in [2.05, 4.69) is 10.3 Å². The van der Waals surface area contributed by atoms with Crippen LogP contribution in [0.15, 0.2) is 18.2 Å². The first-order valence-electron chi connectivity index (χ1n) is 5.88. The van der Waals surface area contributed by atoms with Crippen molar-refractivity contribution in [3.8, 4) is 5.69 Å². The quantitative estimate of drug-likeness (QED) is 0.934. The molecule has 0 aliphatic rings. The summed E-state index contributed by atoms with van der Waals surface area (Å²) in [7, 11) is 0. The number of benzene rings is 1. The molecule has 1 heterocycles. The lowest BCUT2D eigenvalue weighted by Gasteiger charge is -2.05. The molecule has 6 heteroatoms. The summed E-state index contributed by atoms with van der Waals surface area (Å²) in [6.07, 6.45) is 0.426. The maximum absolute atomic E-state index is 10.6. The van der Waals surface area contributed by atoms with Crippen LogP contribution in [0.3, 0.4) is 0 Å². The van der Waals surface area contributed by atoms with Gasteiger partial charge in [0.1, 0.15) is 0 Å². The molecule has 0 bridgehead atoms. The number of aromatic nitrogens is 3. The third-order valence-corrected chi connectivity index (χ3v) is 3.37. The van der Waals surface area contributed by atoms with E-state index in [0.29, 0.717) is 17.1 Å². The van der Waals surface area contributed by atoms with Gasteiger partial charge in [-0.2, -0.15) is 0 Å². The van der Waals surface area contributed by atoms with Gasteiger partial charge in [0, 0.05) is 11.4 Å². The van der Waals surface area contributed by atoms with E-state index in [1.165, 1.54) is 0 Å². The van der Waals surface area contributed by atoms with Gasteiger partial charge in [0.05, 0.1) is 23.5 Å². The van der Waals surface area contributed by atoms with Crippen molar-refractivity contribution in [3.05, 3.63) is 40.2 Å². The zero-order chi connectivity index (χ0) is 14.0. The molecule has 1 aromatic heterocycles. The number of carboxylic acid groups (broad SMARTS) is 1. The number of nitrogens with zero attached hydrogens (tertiary/aromatic N) is 3. The van der Waals surface area contributed by atoms with E-state index in [4.69, 9.17) is 16.7 Å². The summed E-state index contributed by atoms with van der Waals surface area (Å²) in [5.41, 5.74) is 3.34. The Hall–Kier alpha value is -1.88. The van der Waals surface area contributed by atoms with Crippen LogP contribution in [-0.2, 0) is 11.2 Å². The van der Waals surface area contributed by atoms with E-state index in [1.54, 1.807) is 4.68 Å². The van der Waals surface area contributed by atoms with Gasteiger partial charge in [-0.1, -0.05) is 22.9 Å². The minimum atomic E-state index is -0.840. The number of halogens is 1. The zero-order valence-electron chi connectivity index (χ0n) is 10.7. The number of hydrogen-bond donors (Lipinski definition) is 1. The summed E-state index contributed by atoms with van der Waals surface area (Å²) in [4.78, 5) is 10.6. The predicted octanol–water partition coefficient (Wildman–Crippen LogP) is 2.55. The molecule has 0 aliphatic heterocycles. The number of aryl methyl sites for hydroxylation is 2. The second-order valence-corrected chi connectivity index (χ2v) is 4.77. The lowest BCUT2D eigenvalue weighted by molar-refractivity contribution is -0.136. The summed E-state index contributed by atoms with van der Waals surface area (Å²) in [6, 6.07) is 5.64. The molecular weight excluding hydrogens is 266 g/mol. The normalized spacial score (nSPS) is 10.7. The van der Waals surface area contributed by atoms with E-state index in [9.17, 15) is 4.79 Å². The summed E-state index contributed by atoms with van der Waals surface area (Å²) in [5, 5.41) is 17.4. The molecule has 2 aromatic rings. The first-order valence-corrected chi connectivity index (χ1v) is 6.26. The monoisotopic (exact) mass is 279 g/mol. The third-order valence-electron chi connectivity index (χ3n) is 2.97. The highest BCUT2D eigenvalue weighted by Crippen LogP contribution is 2.20. The molecule has 1 aromatic carbocycles. The van der Waals surface area contributed by atoms with E-state index in [-0.39, 0.29) is 6.42 Å². The molecule has 0 aliphatic carbocycles. The summed E-state index contributed by atoms with van der Waals surface area (Å²) < 4.78 is 1.67. The van der Waals surface area contributed by atoms with Crippen LogP contribution in [0.1, 0.15) is 23.4 Å². The number of rotatable bonds is 4. The Morgan fingerprint density at radius 3 is 2.79 bits per heavy atom. The lowest BCUT2D eigenvalue weighted by atomic mass is 10.2. The highest BCUT2D eigenvalue weighted by atomic mass is 35.5. The average molecular weight is 280 g/mol. The van der Waals surface area contributed by atoms with Crippen LogP contribution in [0.4, 0.5) is 0 Å². The number of carbonyl (C=O) groups is 1. The third kappa shape index (κ3) is 2.93. The molecule has 0 radical (unpaired) electrons. The maximum Gasteiger partial charge on any atom is 0.303 e. The zero-order valence-corrected chi connectivity index (χ0v) is 11.5. The Bertz CT molecular complexity index is 622. The van der Waals surface area contributed by atoms with E-state index in [1.807, 2.05) is 32.0 Å². The number of carboxylic acids is 1. The maximum atomic E-state index is 10.6. The molecule has 0 unspecified atom stereocenters. The Kier molecular flexibility index (Phi) is 3.85. The Labute approximate surface area is 115 Å². The molecule has 0 saturated carbocycles. The smallest absolute Gasteiger partial charge is 0.303 e. The van der Waals surface area contributed by atoms with Gasteiger partial charge >= 0.3 is 5.97 Å². The summed E-state index contributed by atoms with van der Waals surface area (Å²) in [6.45, 7) is 3.80. The van der Waals surface area contributed by atoms with Gasteiger partial charge in [-0.15, -0.1) is 5.10 Å². The van der Waals surface area contributed by atoms with Gasteiger partial charge < -0.3 is 5.11 Å². The molecule has 0 atom stereocenters. The molecule has 0 amide bonds. The second-order valence-electron chi connectivity index (χ2n) is 4.36. The summed E-state index contributed by atoms with van der Waals surface area (Å²) in [5.74, 6) is -0.840. The Morgan fingerprint density at radius 1 is 1.42 bits per heavy atom. The van der Waals surface area contributed by atoms with Crippen molar-refractivity contribution in [3.63, 3.8) is 0 Å². The molecular formula is C13H14ClN3O2. The van der Waals surface area contributed by atoms with Gasteiger partial charge in [-0.05, 0) is 31.5 Å². The van der Waals surface area contributed by atoms with Crippen molar-refractivity contribution < 1.29 is 9.90 Å². The van der Waals surface area contributed by atoms with Gasteiger partial charge in [-0.3, -0.25) is 4.79 Å². The molecule has 19 heavy (non-hydrogen) atoms. The topological polar surface area (TPSA) is 68.0 Å². The van der Waals surface area contributed by atoms with Gasteiger partial charge in [0.25, 0.3) is 0 Å². The van der Waals surface area contributed by atoms with Crippen molar-refractivity contribution in [2.45, 2.75) is 26.7 Å². The average Bonchev–Trinajstić information content (AvgIpc) is 2.72. The fraction of sp³-hybridized carbons (Fsp3) is 0.308. The molecule has 1 N–H and O–H groups in total. The minimum Gasteiger partial charge on any atom is -0.481 e. The lowest BCUT2D eigenvalue weighted by Crippen LogP contribution is -2.01. The van der Waals surface area contributed by atoms with Crippen LogP contribution in [0.5, 0.6) is 0 Å². The standard InChI is InChI=1S/C13H14ClN3O2/c1-8-3-4-10(7-11(8)14)17-9(2)12(15-16-17)5-6-13(18)19/h3-4,7H,5-6H2,1-2H3,(H,18,19). The van der Waals surface area contributed by atoms with Gasteiger partial charge in [0.15, 0.2) is 0 Å². The molecule has 2 rings (SSSR count). The Morgan fingerprint density at radius 2 is 2.16 bits per heavy atom. The van der Waals surface area contributed by atoms with Crippen molar-refractivity contribution in [2.24, 2.45) is 0 Å².